The Morgan fingerprint density at radius 3 is 2.30 bits per heavy atom. The van der Waals surface area contributed by atoms with E-state index in [1.165, 1.54) is 0 Å². The van der Waals surface area contributed by atoms with Gasteiger partial charge in [0.15, 0.2) is 0 Å². The van der Waals surface area contributed by atoms with E-state index in [-0.39, 0.29) is 19.0 Å². The van der Waals surface area contributed by atoms with Gasteiger partial charge < -0.3 is 14.2 Å². The minimum Gasteiger partial charge on any atom is -0.463 e. The first-order valence-corrected chi connectivity index (χ1v) is 7.21. The first-order valence-electron chi connectivity index (χ1n) is 7.21. The molecule has 0 saturated heterocycles. The van der Waals surface area contributed by atoms with Crippen molar-refractivity contribution in [3.63, 3.8) is 0 Å². The monoisotopic (exact) mass is 323 g/mol. The van der Waals surface area contributed by atoms with Gasteiger partial charge in [-0.2, -0.15) is 0 Å². The number of nitro groups is 1. The van der Waals surface area contributed by atoms with Crippen molar-refractivity contribution in [1.29, 1.82) is 0 Å². The Morgan fingerprint density at radius 1 is 1.22 bits per heavy atom. The van der Waals surface area contributed by atoms with Gasteiger partial charge in [-0.05, 0) is 19.9 Å². The molecule has 0 aliphatic carbocycles. The van der Waals surface area contributed by atoms with Gasteiger partial charge in [-0.25, -0.2) is 9.59 Å². The van der Waals surface area contributed by atoms with Crippen molar-refractivity contribution in [3.8, 4) is 5.75 Å². The highest BCUT2D eigenvalue weighted by Gasteiger charge is 2.64. The maximum absolute atomic E-state index is 12.5. The first-order chi connectivity index (χ1) is 11.0. The molecule has 124 valence electrons. The maximum atomic E-state index is 12.5. The second-order valence-electron chi connectivity index (χ2n) is 4.88. The number of para-hydroxylation sites is 1. The molecule has 0 radical (unpaired) electrons. The molecule has 0 spiro atoms. The number of esters is 2. The SMILES string of the molecule is CCOC(=O)C1(C(=O)OCC)Oc2ccccc2C1C[N+](=O)[O-]. The molecule has 0 amide bonds. The molecule has 0 fully saturated rings. The van der Waals surface area contributed by atoms with Crippen LogP contribution in [0.4, 0.5) is 0 Å². The van der Waals surface area contributed by atoms with Crippen LogP contribution in [-0.4, -0.2) is 42.2 Å². The molecule has 0 bridgehead atoms. The van der Waals surface area contributed by atoms with Crippen LogP contribution < -0.4 is 4.74 Å². The summed E-state index contributed by atoms with van der Waals surface area (Å²) in [5, 5.41) is 11.1. The van der Waals surface area contributed by atoms with E-state index in [1.54, 1.807) is 38.1 Å². The molecule has 1 unspecified atom stereocenters. The molecule has 0 aromatic heterocycles. The molecule has 1 atom stereocenters. The van der Waals surface area contributed by atoms with Crippen LogP contribution in [0.3, 0.4) is 0 Å². The van der Waals surface area contributed by atoms with Crippen LogP contribution in [0.25, 0.3) is 0 Å². The molecular formula is C15H17NO7. The van der Waals surface area contributed by atoms with Crippen LogP contribution in [0.5, 0.6) is 5.75 Å². The smallest absolute Gasteiger partial charge is 0.363 e. The van der Waals surface area contributed by atoms with Crippen molar-refractivity contribution in [2.45, 2.75) is 25.4 Å². The van der Waals surface area contributed by atoms with E-state index in [0.717, 1.165) is 0 Å². The summed E-state index contributed by atoms with van der Waals surface area (Å²) in [6, 6.07) is 6.43. The number of carbonyl (C=O) groups excluding carboxylic acids is 2. The zero-order chi connectivity index (χ0) is 17.0. The number of fused-ring (bicyclic) bond motifs is 1. The van der Waals surface area contributed by atoms with Crippen LogP contribution >= 0.6 is 0 Å². The lowest BCUT2D eigenvalue weighted by molar-refractivity contribution is -0.485. The van der Waals surface area contributed by atoms with Gasteiger partial charge in [-0.3, -0.25) is 10.1 Å². The summed E-state index contributed by atoms with van der Waals surface area (Å²) in [5.41, 5.74) is -1.78. The number of carbonyl (C=O) groups is 2. The summed E-state index contributed by atoms with van der Waals surface area (Å²) in [6.45, 7) is 2.49. The fourth-order valence-electron chi connectivity index (χ4n) is 2.63. The second kappa shape index (κ2) is 6.64. The standard InChI is InChI=1S/C15H17NO7/c1-3-21-13(17)15(14(18)22-4-2)11(9-16(19)20)10-7-5-6-8-12(10)23-15/h5-8,11H,3-4,9H2,1-2H3. The Morgan fingerprint density at radius 2 is 1.78 bits per heavy atom. The van der Waals surface area contributed by atoms with Crippen molar-refractivity contribution in [2.24, 2.45) is 0 Å². The number of benzene rings is 1. The van der Waals surface area contributed by atoms with Crippen molar-refractivity contribution < 1.29 is 28.7 Å². The summed E-state index contributed by atoms with van der Waals surface area (Å²) in [6.07, 6.45) is 0. The van der Waals surface area contributed by atoms with E-state index < -0.39 is 34.9 Å². The predicted octanol–water partition coefficient (Wildman–Crippen LogP) is 1.30. The average Bonchev–Trinajstić information content (AvgIpc) is 2.83. The summed E-state index contributed by atoms with van der Waals surface area (Å²) in [7, 11) is 0. The number of ether oxygens (including phenoxy) is 3. The van der Waals surface area contributed by atoms with E-state index in [1.807, 2.05) is 0 Å². The molecule has 8 nitrogen and oxygen atoms in total. The lowest BCUT2D eigenvalue weighted by atomic mass is 9.84. The van der Waals surface area contributed by atoms with Gasteiger partial charge in [0.25, 0.3) is 0 Å². The highest BCUT2D eigenvalue weighted by Crippen LogP contribution is 2.46. The molecule has 23 heavy (non-hydrogen) atoms. The lowest BCUT2D eigenvalue weighted by Crippen LogP contribution is -2.56. The Kier molecular flexibility index (Phi) is 4.83. The van der Waals surface area contributed by atoms with Gasteiger partial charge in [0.2, 0.25) is 6.54 Å². The summed E-state index contributed by atoms with van der Waals surface area (Å²) < 4.78 is 15.5. The third kappa shape index (κ3) is 2.84. The zero-order valence-corrected chi connectivity index (χ0v) is 12.8. The van der Waals surface area contributed by atoms with Crippen LogP contribution in [0, 0.1) is 10.1 Å². The molecule has 1 aliphatic heterocycles. The van der Waals surface area contributed by atoms with Gasteiger partial charge in [0.05, 0.1) is 13.2 Å². The molecule has 8 heteroatoms. The van der Waals surface area contributed by atoms with Crippen molar-refractivity contribution in [2.75, 3.05) is 19.8 Å². The van der Waals surface area contributed by atoms with Gasteiger partial charge in [-0.15, -0.1) is 0 Å². The Balaban J connectivity index is 2.56. The van der Waals surface area contributed by atoms with Crippen LogP contribution in [-0.2, 0) is 19.1 Å². The molecular weight excluding hydrogens is 306 g/mol. The summed E-state index contributed by atoms with van der Waals surface area (Å²) in [4.78, 5) is 35.4. The van der Waals surface area contributed by atoms with E-state index in [9.17, 15) is 19.7 Å². The quantitative estimate of drug-likeness (QED) is 0.336. The fraction of sp³-hybridized carbons (Fsp3) is 0.467. The molecule has 1 aliphatic rings. The van der Waals surface area contributed by atoms with Crippen LogP contribution in [0.2, 0.25) is 0 Å². The van der Waals surface area contributed by atoms with E-state index in [4.69, 9.17) is 14.2 Å². The van der Waals surface area contributed by atoms with Crippen molar-refractivity contribution in [1.82, 2.24) is 0 Å². The lowest BCUT2D eigenvalue weighted by Gasteiger charge is -2.27. The molecule has 0 saturated carbocycles. The number of hydrogen-bond donors (Lipinski definition) is 0. The van der Waals surface area contributed by atoms with E-state index >= 15 is 0 Å². The molecule has 1 aromatic carbocycles. The van der Waals surface area contributed by atoms with Crippen LogP contribution in [0.15, 0.2) is 24.3 Å². The van der Waals surface area contributed by atoms with Gasteiger partial charge >= 0.3 is 17.5 Å². The second-order valence-corrected chi connectivity index (χ2v) is 4.88. The molecule has 2 rings (SSSR count). The molecule has 1 heterocycles. The minimum atomic E-state index is -2.19. The van der Waals surface area contributed by atoms with Crippen molar-refractivity contribution >= 4 is 11.9 Å². The fourth-order valence-corrected chi connectivity index (χ4v) is 2.63. The van der Waals surface area contributed by atoms with Crippen LogP contribution in [0.1, 0.15) is 25.3 Å². The van der Waals surface area contributed by atoms with Gasteiger partial charge in [-0.1, -0.05) is 18.2 Å². The Bertz CT molecular complexity index is 610. The van der Waals surface area contributed by atoms with E-state index in [0.29, 0.717) is 5.56 Å². The Hall–Kier alpha value is -2.64. The third-order valence-electron chi connectivity index (χ3n) is 3.55. The first kappa shape index (κ1) is 16.7. The number of nitrogens with zero attached hydrogens (tertiary/aromatic N) is 1. The number of hydrogen-bond acceptors (Lipinski definition) is 7. The van der Waals surface area contributed by atoms with Crippen molar-refractivity contribution in [3.05, 3.63) is 39.9 Å². The largest absolute Gasteiger partial charge is 0.463 e. The highest BCUT2D eigenvalue weighted by molar-refractivity contribution is 6.06. The van der Waals surface area contributed by atoms with E-state index in [2.05, 4.69) is 0 Å². The van der Waals surface area contributed by atoms with Gasteiger partial charge in [0, 0.05) is 10.5 Å². The predicted molar refractivity (Wildman–Crippen MR) is 77.7 cm³/mol. The third-order valence-corrected chi connectivity index (χ3v) is 3.55. The normalized spacial score (nSPS) is 17.7. The van der Waals surface area contributed by atoms with Gasteiger partial charge in [0.1, 0.15) is 11.7 Å². The zero-order valence-electron chi connectivity index (χ0n) is 12.8. The minimum absolute atomic E-state index is 0.00484. The number of rotatable bonds is 6. The average molecular weight is 323 g/mol. The highest BCUT2D eigenvalue weighted by atomic mass is 16.6. The molecule has 1 aromatic rings. The molecule has 0 N–H and O–H groups in total. The maximum Gasteiger partial charge on any atom is 0.363 e. The summed E-state index contributed by atoms with van der Waals surface area (Å²) >= 11 is 0. The topological polar surface area (TPSA) is 105 Å². The Labute approximate surface area is 132 Å². The summed E-state index contributed by atoms with van der Waals surface area (Å²) in [5.74, 6) is -2.85.